The maximum atomic E-state index is 12.1. The molecule has 0 aromatic heterocycles. The van der Waals surface area contributed by atoms with E-state index in [4.69, 9.17) is 16.3 Å². The van der Waals surface area contributed by atoms with Gasteiger partial charge in [-0.2, -0.15) is 0 Å². The van der Waals surface area contributed by atoms with Gasteiger partial charge in [-0.25, -0.2) is 4.79 Å². The molecule has 2 rings (SSSR count). The van der Waals surface area contributed by atoms with Crippen molar-refractivity contribution in [1.82, 2.24) is 4.90 Å². The SMILES string of the molecule is CC(C)(C)OC(=O)N1CCc2c(CCl)cccc2C1. The van der Waals surface area contributed by atoms with Crippen LogP contribution in [0.1, 0.15) is 37.5 Å². The molecule has 1 amide bonds. The number of hydrogen-bond acceptors (Lipinski definition) is 2. The molecular formula is C15H20ClNO2. The number of nitrogens with zero attached hydrogens (tertiary/aromatic N) is 1. The first-order chi connectivity index (χ1) is 8.90. The van der Waals surface area contributed by atoms with Crippen molar-refractivity contribution in [1.29, 1.82) is 0 Å². The van der Waals surface area contributed by atoms with Gasteiger partial charge in [0.1, 0.15) is 5.60 Å². The van der Waals surface area contributed by atoms with Crippen molar-refractivity contribution in [2.75, 3.05) is 6.54 Å². The van der Waals surface area contributed by atoms with Crippen molar-refractivity contribution >= 4 is 17.7 Å². The summed E-state index contributed by atoms with van der Waals surface area (Å²) in [4.78, 5) is 13.8. The summed E-state index contributed by atoms with van der Waals surface area (Å²) in [6, 6.07) is 6.10. The van der Waals surface area contributed by atoms with Crippen LogP contribution in [0.5, 0.6) is 0 Å². The van der Waals surface area contributed by atoms with Crippen LogP contribution in [-0.4, -0.2) is 23.1 Å². The lowest BCUT2D eigenvalue weighted by Gasteiger charge is -2.32. The summed E-state index contributed by atoms with van der Waals surface area (Å²) in [6.07, 6.45) is 0.603. The summed E-state index contributed by atoms with van der Waals surface area (Å²) >= 11 is 5.94. The maximum Gasteiger partial charge on any atom is 0.410 e. The van der Waals surface area contributed by atoms with Crippen LogP contribution in [-0.2, 0) is 23.6 Å². The molecule has 0 N–H and O–H groups in total. The van der Waals surface area contributed by atoms with Gasteiger partial charge in [0.25, 0.3) is 0 Å². The average Bonchev–Trinajstić information content (AvgIpc) is 2.35. The average molecular weight is 282 g/mol. The van der Waals surface area contributed by atoms with Crippen LogP contribution >= 0.6 is 11.6 Å². The highest BCUT2D eigenvalue weighted by Crippen LogP contribution is 2.24. The minimum absolute atomic E-state index is 0.241. The van der Waals surface area contributed by atoms with Gasteiger partial charge in [-0.1, -0.05) is 18.2 Å². The van der Waals surface area contributed by atoms with E-state index in [9.17, 15) is 4.79 Å². The Kier molecular flexibility index (Phi) is 4.04. The van der Waals surface area contributed by atoms with Gasteiger partial charge < -0.3 is 9.64 Å². The Morgan fingerprint density at radius 1 is 1.42 bits per heavy atom. The molecule has 3 nitrogen and oxygen atoms in total. The molecule has 1 aromatic rings. The van der Waals surface area contributed by atoms with Crippen LogP contribution < -0.4 is 0 Å². The molecule has 1 aliphatic heterocycles. The molecule has 0 spiro atoms. The number of ether oxygens (including phenoxy) is 1. The van der Waals surface area contributed by atoms with Crippen LogP contribution in [0.25, 0.3) is 0 Å². The Hall–Kier alpha value is -1.22. The van der Waals surface area contributed by atoms with Crippen molar-refractivity contribution in [3.05, 3.63) is 34.9 Å². The predicted octanol–water partition coefficient (Wildman–Crippen LogP) is 3.72. The largest absolute Gasteiger partial charge is 0.444 e. The van der Waals surface area contributed by atoms with E-state index >= 15 is 0 Å². The predicted molar refractivity (Wildman–Crippen MR) is 76.3 cm³/mol. The number of fused-ring (bicyclic) bond motifs is 1. The quantitative estimate of drug-likeness (QED) is 0.734. The van der Waals surface area contributed by atoms with E-state index in [0.29, 0.717) is 19.0 Å². The molecule has 1 aliphatic rings. The minimum atomic E-state index is -0.449. The van der Waals surface area contributed by atoms with Crippen molar-refractivity contribution in [2.45, 2.75) is 45.2 Å². The smallest absolute Gasteiger partial charge is 0.410 e. The summed E-state index contributed by atoms with van der Waals surface area (Å²) < 4.78 is 5.41. The van der Waals surface area contributed by atoms with Crippen molar-refractivity contribution in [2.24, 2.45) is 0 Å². The van der Waals surface area contributed by atoms with Crippen LogP contribution in [0, 0.1) is 0 Å². The topological polar surface area (TPSA) is 29.5 Å². The van der Waals surface area contributed by atoms with E-state index in [0.717, 1.165) is 6.42 Å². The van der Waals surface area contributed by atoms with Gasteiger partial charge in [-0.05, 0) is 43.9 Å². The van der Waals surface area contributed by atoms with Gasteiger partial charge in [-0.15, -0.1) is 11.6 Å². The van der Waals surface area contributed by atoms with Gasteiger partial charge in [0.2, 0.25) is 0 Å². The van der Waals surface area contributed by atoms with Crippen molar-refractivity contribution < 1.29 is 9.53 Å². The van der Waals surface area contributed by atoms with Crippen LogP contribution in [0.3, 0.4) is 0 Å². The number of halogens is 1. The van der Waals surface area contributed by atoms with Gasteiger partial charge in [-0.3, -0.25) is 0 Å². The maximum absolute atomic E-state index is 12.1. The van der Waals surface area contributed by atoms with Crippen LogP contribution in [0.15, 0.2) is 18.2 Å². The lowest BCUT2D eigenvalue weighted by molar-refractivity contribution is 0.0224. The van der Waals surface area contributed by atoms with Crippen LogP contribution in [0.2, 0.25) is 0 Å². The van der Waals surface area contributed by atoms with Crippen molar-refractivity contribution in [3.8, 4) is 0 Å². The number of benzene rings is 1. The van der Waals surface area contributed by atoms with E-state index in [1.807, 2.05) is 26.8 Å². The minimum Gasteiger partial charge on any atom is -0.444 e. The van der Waals surface area contributed by atoms with Gasteiger partial charge in [0.05, 0.1) is 0 Å². The Balaban J connectivity index is 2.12. The number of amides is 1. The molecule has 4 heteroatoms. The fourth-order valence-corrected chi connectivity index (χ4v) is 2.55. The monoisotopic (exact) mass is 281 g/mol. The molecule has 19 heavy (non-hydrogen) atoms. The zero-order valence-corrected chi connectivity index (χ0v) is 12.5. The molecule has 0 saturated heterocycles. The first-order valence-corrected chi connectivity index (χ1v) is 7.07. The zero-order valence-electron chi connectivity index (χ0n) is 11.7. The Bertz CT molecular complexity index is 480. The third kappa shape index (κ3) is 3.41. The second-order valence-electron chi connectivity index (χ2n) is 5.84. The van der Waals surface area contributed by atoms with Gasteiger partial charge >= 0.3 is 6.09 Å². The number of alkyl halides is 1. The van der Waals surface area contributed by atoms with Gasteiger partial charge in [0.15, 0.2) is 0 Å². The second kappa shape index (κ2) is 5.41. The fourth-order valence-electron chi connectivity index (χ4n) is 2.30. The third-order valence-corrected chi connectivity index (χ3v) is 3.45. The lowest BCUT2D eigenvalue weighted by atomic mass is 9.95. The van der Waals surface area contributed by atoms with E-state index in [-0.39, 0.29) is 6.09 Å². The summed E-state index contributed by atoms with van der Waals surface area (Å²) in [5, 5.41) is 0. The normalized spacial score (nSPS) is 15.1. The zero-order chi connectivity index (χ0) is 14.0. The first-order valence-electron chi connectivity index (χ1n) is 6.54. The van der Waals surface area contributed by atoms with E-state index in [2.05, 4.69) is 12.1 Å². The highest BCUT2D eigenvalue weighted by Gasteiger charge is 2.26. The Labute approximate surface area is 119 Å². The van der Waals surface area contributed by atoms with E-state index in [1.54, 1.807) is 4.90 Å². The third-order valence-electron chi connectivity index (χ3n) is 3.16. The molecule has 0 atom stereocenters. The van der Waals surface area contributed by atoms with Crippen molar-refractivity contribution in [3.63, 3.8) is 0 Å². The molecule has 1 aromatic carbocycles. The number of rotatable bonds is 1. The summed E-state index contributed by atoms with van der Waals surface area (Å²) in [6.45, 7) is 6.95. The van der Waals surface area contributed by atoms with E-state index in [1.165, 1.54) is 16.7 Å². The van der Waals surface area contributed by atoms with Gasteiger partial charge in [0, 0.05) is 19.0 Å². The summed E-state index contributed by atoms with van der Waals surface area (Å²) in [5.41, 5.74) is 3.19. The van der Waals surface area contributed by atoms with E-state index < -0.39 is 5.60 Å². The molecule has 0 radical (unpaired) electrons. The summed E-state index contributed by atoms with van der Waals surface area (Å²) in [5.74, 6) is 0.523. The second-order valence-corrected chi connectivity index (χ2v) is 6.11. The highest BCUT2D eigenvalue weighted by atomic mass is 35.5. The van der Waals surface area contributed by atoms with Crippen LogP contribution in [0.4, 0.5) is 4.79 Å². The highest BCUT2D eigenvalue weighted by molar-refractivity contribution is 6.17. The standard InChI is InChI=1S/C15H20ClNO2/c1-15(2,3)19-14(18)17-8-7-13-11(9-16)5-4-6-12(13)10-17/h4-6H,7-10H2,1-3H3. The number of carbonyl (C=O) groups is 1. The molecule has 1 heterocycles. The first kappa shape index (κ1) is 14.2. The Morgan fingerprint density at radius 2 is 2.16 bits per heavy atom. The number of carbonyl (C=O) groups excluding carboxylic acids is 1. The molecular weight excluding hydrogens is 262 g/mol. The molecule has 0 unspecified atom stereocenters. The summed E-state index contributed by atoms with van der Waals surface area (Å²) in [7, 11) is 0. The molecule has 0 bridgehead atoms. The molecule has 0 saturated carbocycles. The molecule has 104 valence electrons. The fraction of sp³-hybridized carbons (Fsp3) is 0.533. The number of hydrogen-bond donors (Lipinski definition) is 0. The lowest BCUT2D eigenvalue weighted by Crippen LogP contribution is -2.40. The Morgan fingerprint density at radius 3 is 2.79 bits per heavy atom. The molecule has 0 aliphatic carbocycles. The molecule has 0 fully saturated rings.